The van der Waals surface area contributed by atoms with Crippen molar-refractivity contribution in [3.63, 3.8) is 0 Å². The van der Waals surface area contributed by atoms with E-state index in [9.17, 15) is 22.0 Å². The minimum absolute atomic E-state index is 0.0716. The number of rotatable bonds is 6. The molecule has 0 spiro atoms. The molecule has 1 atom stereocenters. The SMILES string of the molecule is CC(NC(=O)CCS(=O)(=O)c1ccc(Cl)cc1)c1ccc(F)cc1F. The molecule has 1 unspecified atom stereocenters. The zero-order chi connectivity index (χ0) is 18.6. The highest BCUT2D eigenvalue weighted by Gasteiger charge is 2.19. The van der Waals surface area contributed by atoms with Gasteiger partial charge in [-0.25, -0.2) is 17.2 Å². The maximum atomic E-state index is 13.7. The summed E-state index contributed by atoms with van der Waals surface area (Å²) >= 11 is 5.71. The van der Waals surface area contributed by atoms with Gasteiger partial charge in [-0.05, 0) is 37.3 Å². The third-order valence-electron chi connectivity index (χ3n) is 3.58. The highest BCUT2D eigenvalue weighted by Crippen LogP contribution is 2.19. The van der Waals surface area contributed by atoms with Crippen molar-refractivity contribution in [3.05, 3.63) is 64.7 Å². The smallest absolute Gasteiger partial charge is 0.221 e. The van der Waals surface area contributed by atoms with E-state index in [-0.39, 0.29) is 22.6 Å². The lowest BCUT2D eigenvalue weighted by Gasteiger charge is -2.15. The van der Waals surface area contributed by atoms with Crippen molar-refractivity contribution in [1.82, 2.24) is 5.32 Å². The summed E-state index contributed by atoms with van der Waals surface area (Å²) in [5.41, 5.74) is 0.121. The Bertz CT molecular complexity index is 870. The molecule has 0 aliphatic heterocycles. The largest absolute Gasteiger partial charge is 0.349 e. The first-order chi connectivity index (χ1) is 11.7. The highest BCUT2D eigenvalue weighted by molar-refractivity contribution is 7.91. The average molecular weight is 388 g/mol. The van der Waals surface area contributed by atoms with Crippen LogP contribution in [0.25, 0.3) is 0 Å². The van der Waals surface area contributed by atoms with Gasteiger partial charge in [0.25, 0.3) is 0 Å². The summed E-state index contributed by atoms with van der Waals surface area (Å²) in [5.74, 6) is -2.43. The Morgan fingerprint density at radius 3 is 2.40 bits per heavy atom. The fraction of sp³-hybridized carbons (Fsp3) is 0.235. The van der Waals surface area contributed by atoms with Crippen molar-refractivity contribution in [1.29, 1.82) is 0 Å². The fourth-order valence-electron chi connectivity index (χ4n) is 2.23. The van der Waals surface area contributed by atoms with E-state index >= 15 is 0 Å². The molecular weight excluding hydrogens is 372 g/mol. The summed E-state index contributed by atoms with van der Waals surface area (Å²) in [6.45, 7) is 1.53. The molecule has 1 amide bonds. The molecule has 25 heavy (non-hydrogen) atoms. The van der Waals surface area contributed by atoms with E-state index in [1.54, 1.807) is 0 Å². The Kier molecular flexibility index (Phi) is 6.13. The standard InChI is InChI=1S/C17H16ClF2NO3S/c1-11(15-7-4-13(19)10-16(15)20)21-17(22)8-9-25(23,24)14-5-2-12(18)3-6-14/h2-7,10-11H,8-9H2,1H3,(H,21,22). The average Bonchev–Trinajstić information content (AvgIpc) is 2.53. The molecular formula is C17H16ClF2NO3S. The molecule has 0 fully saturated rings. The first kappa shape index (κ1) is 19.3. The van der Waals surface area contributed by atoms with Crippen LogP contribution in [0.2, 0.25) is 5.02 Å². The van der Waals surface area contributed by atoms with E-state index in [2.05, 4.69) is 5.32 Å². The van der Waals surface area contributed by atoms with E-state index < -0.39 is 33.4 Å². The molecule has 0 radical (unpaired) electrons. The highest BCUT2D eigenvalue weighted by atomic mass is 35.5. The van der Waals surface area contributed by atoms with Crippen LogP contribution in [0.15, 0.2) is 47.4 Å². The van der Waals surface area contributed by atoms with Gasteiger partial charge in [-0.15, -0.1) is 0 Å². The van der Waals surface area contributed by atoms with Gasteiger partial charge < -0.3 is 5.32 Å². The molecule has 2 aromatic rings. The zero-order valence-corrected chi connectivity index (χ0v) is 14.9. The number of carbonyl (C=O) groups is 1. The van der Waals surface area contributed by atoms with Crippen LogP contribution in [-0.4, -0.2) is 20.1 Å². The lowest BCUT2D eigenvalue weighted by molar-refractivity contribution is -0.121. The number of hydrogen-bond donors (Lipinski definition) is 1. The van der Waals surface area contributed by atoms with Gasteiger partial charge in [0.05, 0.1) is 16.7 Å². The van der Waals surface area contributed by atoms with Gasteiger partial charge in [-0.3, -0.25) is 4.79 Å². The minimum Gasteiger partial charge on any atom is -0.349 e. The summed E-state index contributed by atoms with van der Waals surface area (Å²) in [4.78, 5) is 12.0. The molecule has 8 heteroatoms. The Hall–Kier alpha value is -1.99. The van der Waals surface area contributed by atoms with Gasteiger partial charge in [0.15, 0.2) is 9.84 Å². The molecule has 2 rings (SSSR count). The molecule has 1 N–H and O–H groups in total. The van der Waals surface area contributed by atoms with Crippen LogP contribution in [0.4, 0.5) is 8.78 Å². The van der Waals surface area contributed by atoms with Crippen LogP contribution in [0.5, 0.6) is 0 Å². The quantitative estimate of drug-likeness (QED) is 0.822. The van der Waals surface area contributed by atoms with Gasteiger partial charge in [-0.2, -0.15) is 0 Å². The number of sulfone groups is 1. The normalized spacial score (nSPS) is 12.6. The first-order valence-electron chi connectivity index (χ1n) is 7.41. The van der Waals surface area contributed by atoms with Crippen LogP contribution in [0, 0.1) is 11.6 Å². The van der Waals surface area contributed by atoms with Crippen molar-refractivity contribution in [3.8, 4) is 0 Å². The van der Waals surface area contributed by atoms with Gasteiger partial charge >= 0.3 is 0 Å². The van der Waals surface area contributed by atoms with E-state index in [0.717, 1.165) is 12.1 Å². The van der Waals surface area contributed by atoms with Crippen LogP contribution >= 0.6 is 11.6 Å². The number of nitrogens with one attached hydrogen (secondary N) is 1. The third-order valence-corrected chi connectivity index (χ3v) is 5.56. The van der Waals surface area contributed by atoms with Crippen LogP contribution < -0.4 is 5.32 Å². The number of carbonyl (C=O) groups excluding carboxylic acids is 1. The van der Waals surface area contributed by atoms with Gasteiger partial charge in [-0.1, -0.05) is 17.7 Å². The Labute approximate surface area is 149 Å². The summed E-state index contributed by atoms with van der Waals surface area (Å²) in [6, 6.07) is 7.97. The summed E-state index contributed by atoms with van der Waals surface area (Å²) in [7, 11) is -3.63. The van der Waals surface area contributed by atoms with Crippen molar-refractivity contribution in [2.45, 2.75) is 24.3 Å². The second-order valence-electron chi connectivity index (χ2n) is 5.48. The monoisotopic (exact) mass is 387 g/mol. The van der Waals surface area contributed by atoms with E-state index in [1.165, 1.54) is 37.3 Å². The van der Waals surface area contributed by atoms with Gasteiger partial charge in [0.2, 0.25) is 5.91 Å². The fourth-order valence-corrected chi connectivity index (χ4v) is 3.60. The Morgan fingerprint density at radius 1 is 1.16 bits per heavy atom. The first-order valence-corrected chi connectivity index (χ1v) is 9.45. The number of halogens is 3. The van der Waals surface area contributed by atoms with E-state index in [1.807, 2.05) is 0 Å². The summed E-state index contributed by atoms with van der Waals surface area (Å²) in [5, 5.41) is 2.91. The summed E-state index contributed by atoms with van der Waals surface area (Å²) in [6.07, 6.45) is -0.280. The third kappa shape index (κ3) is 5.24. The summed E-state index contributed by atoms with van der Waals surface area (Å²) < 4.78 is 50.9. The van der Waals surface area contributed by atoms with E-state index in [0.29, 0.717) is 5.02 Å². The van der Waals surface area contributed by atoms with Crippen LogP contribution in [0.3, 0.4) is 0 Å². The predicted octanol–water partition coefficient (Wildman–Crippen LogP) is 3.66. The van der Waals surface area contributed by atoms with Crippen LogP contribution in [0.1, 0.15) is 24.9 Å². The molecule has 0 bridgehead atoms. The van der Waals surface area contributed by atoms with Crippen molar-refractivity contribution < 1.29 is 22.0 Å². The molecule has 0 heterocycles. The number of hydrogen-bond acceptors (Lipinski definition) is 3. The van der Waals surface area contributed by atoms with E-state index in [4.69, 9.17) is 11.6 Å². The molecule has 0 aliphatic carbocycles. The second kappa shape index (κ2) is 7.93. The molecule has 0 saturated heterocycles. The zero-order valence-electron chi connectivity index (χ0n) is 13.3. The Balaban J connectivity index is 1.97. The molecule has 2 aromatic carbocycles. The molecule has 134 valence electrons. The molecule has 0 aliphatic rings. The lowest BCUT2D eigenvalue weighted by atomic mass is 10.1. The second-order valence-corrected chi connectivity index (χ2v) is 8.02. The van der Waals surface area contributed by atoms with Crippen molar-refractivity contribution >= 4 is 27.3 Å². The van der Waals surface area contributed by atoms with Crippen molar-refractivity contribution in [2.24, 2.45) is 0 Å². The minimum atomic E-state index is -3.63. The predicted molar refractivity (Wildman–Crippen MR) is 91.0 cm³/mol. The topological polar surface area (TPSA) is 63.2 Å². The maximum absolute atomic E-state index is 13.7. The maximum Gasteiger partial charge on any atom is 0.221 e. The van der Waals surface area contributed by atoms with Gasteiger partial charge in [0, 0.05) is 23.1 Å². The number of amides is 1. The molecule has 0 saturated carbocycles. The van der Waals surface area contributed by atoms with Crippen LogP contribution in [-0.2, 0) is 14.6 Å². The molecule has 0 aromatic heterocycles. The lowest BCUT2D eigenvalue weighted by Crippen LogP contribution is -2.28. The van der Waals surface area contributed by atoms with Gasteiger partial charge in [0.1, 0.15) is 11.6 Å². The molecule has 4 nitrogen and oxygen atoms in total. The number of benzene rings is 2. The van der Waals surface area contributed by atoms with Crippen molar-refractivity contribution in [2.75, 3.05) is 5.75 Å². The Morgan fingerprint density at radius 2 is 1.80 bits per heavy atom.